The number of carbonyl (C=O) groups is 1. The Morgan fingerprint density at radius 1 is 1.41 bits per heavy atom. The second-order valence-corrected chi connectivity index (χ2v) is 4.52. The largest absolute Gasteiger partial charge is 0.507 e. The van der Waals surface area contributed by atoms with Gasteiger partial charge in [0.25, 0.3) is 0 Å². The van der Waals surface area contributed by atoms with E-state index in [0.717, 1.165) is 0 Å². The summed E-state index contributed by atoms with van der Waals surface area (Å²) in [6, 6.07) is 4.17. The van der Waals surface area contributed by atoms with E-state index in [1.807, 2.05) is 20.8 Å². The molecule has 0 saturated carbocycles. The van der Waals surface area contributed by atoms with Gasteiger partial charge in [-0.05, 0) is 38.5 Å². The Balaban J connectivity index is 2.81. The van der Waals surface area contributed by atoms with Crippen LogP contribution in [0.3, 0.4) is 0 Å². The lowest BCUT2D eigenvalue weighted by atomic mass is 10.1. The van der Waals surface area contributed by atoms with Crippen molar-refractivity contribution in [1.82, 2.24) is 0 Å². The quantitative estimate of drug-likeness (QED) is 0.624. The van der Waals surface area contributed by atoms with Gasteiger partial charge in [-0.1, -0.05) is 11.2 Å². The maximum Gasteiger partial charge on any atom is 0.339 e. The van der Waals surface area contributed by atoms with Gasteiger partial charge in [-0.3, -0.25) is 0 Å². The van der Waals surface area contributed by atoms with Gasteiger partial charge >= 0.3 is 5.97 Å². The van der Waals surface area contributed by atoms with Crippen LogP contribution in [0.4, 0.5) is 0 Å². The van der Waals surface area contributed by atoms with E-state index < -0.39 is 5.97 Å². The standard InChI is InChI=1S/C12H15NO4/c1-12(2,3)17-13-7-8-4-5-9(11(15)16)10(14)6-8/h4-7,14H,1-3H3,(H,15,16). The number of carboxylic acids is 1. The monoisotopic (exact) mass is 237 g/mol. The molecule has 1 aromatic rings. The highest BCUT2D eigenvalue weighted by molar-refractivity contribution is 5.92. The van der Waals surface area contributed by atoms with E-state index in [-0.39, 0.29) is 16.9 Å². The SMILES string of the molecule is CC(C)(C)ON=Cc1ccc(C(=O)O)c(O)c1. The van der Waals surface area contributed by atoms with Crippen molar-refractivity contribution < 1.29 is 19.8 Å². The molecule has 0 aliphatic carbocycles. The maximum atomic E-state index is 10.7. The number of aromatic hydroxyl groups is 1. The summed E-state index contributed by atoms with van der Waals surface area (Å²) in [4.78, 5) is 15.8. The summed E-state index contributed by atoms with van der Waals surface area (Å²) in [6.07, 6.45) is 1.41. The van der Waals surface area contributed by atoms with E-state index in [1.54, 1.807) is 6.07 Å². The molecule has 0 atom stereocenters. The Bertz CT molecular complexity index is 446. The third-order valence-corrected chi connectivity index (χ3v) is 1.78. The minimum atomic E-state index is -1.17. The van der Waals surface area contributed by atoms with Crippen molar-refractivity contribution in [3.05, 3.63) is 29.3 Å². The fourth-order valence-electron chi connectivity index (χ4n) is 1.06. The number of oxime groups is 1. The van der Waals surface area contributed by atoms with Gasteiger partial charge in [0.15, 0.2) is 0 Å². The van der Waals surface area contributed by atoms with Crippen LogP contribution in [0.25, 0.3) is 0 Å². The van der Waals surface area contributed by atoms with Crippen LogP contribution in [-0.2, 0) is 4.84 Å². The van der Waals surface area contributed by atoms with Crippen LogP contribution in [0.15, 0.2) is 23.4 Å². The van der Waals surface area contributed by atoms with Gasteiger partial charge in [0, 0.05) is 0 Å². The highest BCUT2D eigenvalue weighted by atomic mass is 16.6. The Morgan fingerprint density at radius 2 is 2.06 bits per heavy atom. The summed E-state index contributed by atoms with van der Waals surface area (Å²) in [6.45, 7) is 5.57. The van der Waals surface area contributed by atoms with Crippen LogP contribution in [0, 0.1) is 0 Å². The van der Waals surface area contributed by atoms with Gasteiger partial charge in [0.05, 0.1) is 6.21 Å². The predicted molar refractivity (Wildman–Crippen MR) is 63.5 cm³/mol. The number of phenols is 1. The van der Waals surface area contributed by atoms with Crippen LogP contribution in [0.1, 0.15) is 36.7 Å². The van der Waals surface area contributed by atoms with Gasteiger partial charge < -0.3 is 15.1 Å². The van der Waals surface area contributed by atoms with Crippen molar-refractivity contribution in [2.45, 2.75) is 26.4 Å². The number of benzene rings is 1. The Labute approximate surface area is 99.3 Å². The third kappa shape index (κ3) is 4.14. The van der Waals surface area contributed by atoms with Gasteiger partial charge in [-0.15, -0.1) is 0 Å². The summed E-state index contributed by atoms with van der Waals surface area (Å²) < 4.78 is 0. The minimum absolute atomic E-state index is 0.140. The first kappa shape index (κ1) is 13.0. The number of hydrogen-bond donors (Lipinski definition) is 2. The molecular formula is C12H15NO4. The molecule has 5 nitrogen and oxygen atoms in total. The fraction of sp³-hybridized carbons (Fsp3) is 0.333. The van der Waals surface area contributed by atoms with Gasteiger partial charge in [0.2, 0.25) is 0 Å². The Kier molecular flexibility index (Phi) is 3.73. The zero-order valence-corrected chi connectivity index (χ0v) is 9.97. The van der Waals surface area contributed by atoms with Crippen molar-refractivity contribution in [2.75, 3.05) is 0 Å². The minimum Gasteiger partial charge on any atom is -0.507 e. The molecule has 0 radical (unpaired) electrons. The van der Waals surface area contributed by atoms with Crippen molar-refractivity contribution in [1.29, 1.82) is 0 Å². The topological polar surface area (TPSA) is 79.1 Å². The normalized spacial score (nSPS) is 11.7. The van der Waals surface area contributed by atoms with Crippen molar-refractivity contribution in [3.63, 3.8) is 0 Å². The number of nitrogens with zero attached hydrogens (tertiary/aromatic N) is 1. The zero-order chi connectivity index (χ0) is 13.1. The lowest BCUT2D eigenvalue weighted by Crippen LogP contribution is -2.15. The molecule has 0 amide bonds. The van der Waals surface area contributed by atoms with Gasteiger partial charge in [-0.2, -0.15) is 0 Å². The van der Waals surface area contributed by atoms with Gasteiger partial charge in [-0.25, -0.2) is 4.79 Å². The van der Waals surface area contributed by atoms with E-state index in [1.165, 1.54) is 18.3 Å². The molecule has 92 valence electrons. The Hall–Kier alpha value is -2.04. The molecule has 1 aromatic carbocycles. The van der Waals surface area contributed by atoms with Crippen LogP contribution in [0.5, 0.6) is 5.75 Å². The second-order valence-electron chi connectivity index (χ2n) is 4.52. The number of carboxylic acid groups (broad SMARTS) is 1. The van der Waals surface area contributed by atoms with Crippen LogP contribution >= 0.6 is 0 Å². The fourth-order valence-corrected chi connectivity index (χ4v) is 1.06. The molecular weight excluding hydrogens is 222 g/mol. The first-order valence-electron chi connectivity index (χ1n) is 5.07. The summed E-state index contributed by atoms with van der Waals surface area (Å²) in [5.41, 5.74) is 0.0372. The maximum absolute atomic E-state index is 10.7. The van der Waals surface area contributed by atoms with Crippen LogP contribution in [0.2, 0.25) is 0 Å². The summed E-state index contributed by atoms with van der Waals surface area (Å²) in [5.74, 6) is -1.46. The van der Waals surface area contributed by atoms with Gasteiger partial charge in [0.1, 0.15) is 16.9 Å². The molecule has 0 aliphatic rings. The molecule has 0 heterocycles. The smallest absolute Gasteiger partial charge is 0.339 e. The lowest BCUT2D eigenvalue weighted by molar-refractivity contribution is 0.00199. The molecule has 2 N–H and O–H groups in total. The first-order valence-corrected chi connectivity index (χ1v) is 5.07. The van der Waals surface area contributed by atoms with Crippen molar-refractivity contribution in [2.24, 2.45) is 5.16 Å². The highest BCUT2D eigenvalue weighted by Crippen LogP contribution is 2.18. The number of hydrogen-bond acceptors (Lipinski definition) is 4. The molecule has 17 heavy (non-hydrogen) atoms. The molecule has 0 spiro atoms. The number of aromatic carboxylic acids is 1. The van der Waals surface area contributed by atoms with Crippen molar-refractivity contribution in [3.8, 4) is 5.75 Å². The molecule has 1 rings (SSSR count). The van der Waals surface area contributed by atoms with E-state index in [9.17, 15) is 9.90 Å². The van der Waals surface area contributed by atoms with Crippen LogP contribution < -0.4 is 0 Å². The second kappa shape index (κ2) is 4.86. The van der Waals surface area contributed by atoms with E-state index in [0.29, 0.717) is 5.56 Å². The molecule has 0 unspecified atom stereocenters. The Morgan fingerprint density at radius 3 is 2.53 bits per heavy atom. The average Bonchev–Trinajstić information content (AvgIpc) is 2.15. The average molecular weight is 237 g/mol. The molecule has 0 bridgehead atoms. The predicted octanol–water partition coefficient (Wildman–Crippen LogP) is 2.24. The molecule has 0 aromatic heterocycles. The molecule has 0 aliphatic heterocycles. The molecule has 0 saturated heterocycles. The molecule has 5 heteroatoms. The van der Waals surface area contributed by atoms with Crippen molar-refractivity contribution >= 4 is 12.2 Å². The lowest BCUT2D eigenvalue weighted by Gasteiger charge is -2.14. The molecule has 0 fully saturated rings. The third-order valence-electron chi connectivity index (χ3n) is 1.78. The number of rotatable bonds is 3. The summed E-state index contributed by atoms with van der Waals surface area (Å²) in [5, 5.41) is 21.9. The summed E-state index contributed by atoms with van der Waals surface area (Å²) in [7, 11) is 0. The summed E-state index contributed by atoms with van der Waals surface area (Å²) >= 11 is 0. The van der Waals surface area contributed by atoms with E-state index >= 15 is 0 Å². The zero-order valence-electron chi connectivity index (χ0n) is 9.97. The van der Waals surface area contributed by atoms with E-state index in [4.69, 9.17) is 9.94 Å². The van der Waals surface area contributed by atoms with Crippen LogP contribution in [-0.4, -0.2) is 28.0 Å². The van der Waals surface area contributed by atoms with E-state index in [2.05, 4.69) is 5.16 Å². The highest BCUT2D eigenvalue weighted by Gasteiger charge is 2.10. The first-order chi connectivity index (χ1) is 7.79.